The van der Waals surface area contributed by atoms with Crippen molar-refractivity contribution in [3.05, 3.63) is 89.0 Å². The average Bonchev–Trinajstić information content (AvgIpc) is 3.08. The number of anilines is 1. The lowest BCUT2D eigenvalue weighted by Gasteiger charge is -2.30. The van der Waals surface area contributed by atoms with Crippen LogP contribution in [-0.4, -0.2) is 50.7 Å². The molecule has 0 aliphatic carbocycles. The molecule has 37 heavy (non-hydrogen) atoms. The van der Waals surface area contributed by atoms with Crippen LogP contribution in [0.4, 0.5) is 19.4 Å². The highest BCUT2D eigenvalue weighted by Gasteiger charge is 2.71. The minimum atomic E-state index is -4.03. The van der Waals surface area contributed by atoms with E-state index in [-0.39, 0.29) is 11.4 Å². The Hall–Kier alpha value is -2.85. The second-order valence-electron chi connectivity index (χ2n) is 7.94. The van der Waals surface area contributed by atoms with Crippen LogP contribution in [0, 0.1) is 0 Å². The van der Waals surface area contributed by atoms with E-state index in [4.69, 9.17) is 19.9 Å². The zero-order chi connectivity index (χ0) is 26.8. The Labute approximate surface area is 231 Å². The van der Waals surface area contributed by atoms with Crippen LogP contribution in [0.1, 0.15) is 10.4 Å². The molecule has 0 bridgehead atoms. The number of nitrogens with zero attached hydrogens (tertiary/aromatic N) is 2. The SMILES string of the molecule is Nc1ccn([C@]2(Br)O[C@H](COC(=O)c3ccccc3)C(OC(=O)B(I)c3ccccc3)C2(F)F)c(=O)n1. The summed E-state index contributed by atoms with van der Waals surface area (Å²) >= 11 is 4.60. The van der Waals surface area contributed by atoms with Gasteiger partial charge in [0, 0.05) is 6.20 Å². The zero-order valence-corrected chi connectivity index (χ0v) is 22.5. The summed E-state index contributed by atoms with van der Waals surface area (Å²) < 4.78 is 44.6. The Balaban J connectivity index is 1.65. The lowest BCUT2D eigenvalue weighted by atomic mass is 9.70. The number of ether oxygens (including phenoxy) is 3. The van der Waals surface area contributed by atoms with Crippen molar-refractivity contribution >= 4 is 66.0 Å². The van der Waals surface area contributed by atoms with Gasteiger partial charge in [0.2, 0.25) is 0 Å². The highest BCUT2D eigenvalue weighted by atomic mass is 127. The maximum Gasteiger partial charge on any atom is 0.380 e. The van der Waals surface area contributed by atoms with Gasteiger partial charge in [0.15, 0.2) is 6.10 Å². The van der Waals surface area contributed by atoms with Gasteiger partial charge in [0.05, 0.1) is 5.56 Å². The lowest BCUT2D eigenvalue weighted by molar-refractivity contribution is -0.158. The minimum absolute atomic E-state index is 0.182. The number of carbonyl (C=O) groups is 2. The third kappa shape index (κ3) is 5.41. The topological polar surface area (TPSA) is 123 Å². The fourth-order valence-electron chi connectivity index (χ4n) is 3.63. The van der Waals surface area contributed by atoms with Gasteiger partial charge in [-0.15, -0.1) is 22.4 Å². The molecule has 14 heteroatoms. The van der Waals surface area contributed by atoms with Gasteiger partial charge in [0.25, 0.3) is 10.5 Å². The Morgan fingerprint density at radius 2 is 1.76 bits per heavy atom. The van der Waals surface area contributed by atoms with Crippen LogP contribution in [0.2, 0.25) is 0 Å². The minimum Gasteiger partial charge on any atom is -0.460 e. The first-order chi connectivity index (χ1) is 17.5. The molecule has 2 N–H and O–H groups in total. The Morgan fingerprint density at radius 1 is 1.14 bits per heavy atom. The first-order valence-electron chi connectivity index (χ1n) is 10.8. The molecule has 2 aromatic carbocycles. The fourth-order valence-corrected chi connectivity index (χ4v) is 4.93. The van der Waals surface area contributed by atoms with E-state index in [9.17, 15) is 14.4 Å². The second-order valence-corrected chi connectivity index (χ2v) is 10.3. The van der Waals surface area contributed by atoms with Crippen molar-refractivity contribution in [1.82, 2.24) is 9.55 Å². The monoisotopic (exact) mass is 687 g/mol. The van der Waals surface area contributed by atoms with E-state index in [1.165, 1.54) is 12.1 Å². The number of alkyl halides is 3. The fraction of sp³-hybridized carbons (Fsp3) is 0.217. The molecular weight excluding hydrogens is 670 g/mol. The summed E-state index contributed by atoms with van der Waals surface area (Å²) in [5.41, 5.74) is 5.06. The molecule has 9 nitrogen and oxygen atoms in total. The number of hydrogen-bond donors (Lipinski definition) is 1. The molecule has 0 amide bonds. The van der Waals surface area contributed by atoms with E-state index < -0.39 is 51.5 Å². The van der Waals surface area contributed by atoms with Crippen LogP contribution in [0.15, 0.2) is 77.7 Å². The van der Waals surface area contributed by atoms with Gasteiger partial charge in [-0.2, -0.15) is 13.8 Å². The smallest absolute Gasteiger partial charge is 0.380 e. The van der Waals surface area contributed by atoms with Crippen molar-refractivity contribution in [2.45, 2.75) is 22.8 Å². The normalized spacial score (nSPS) is 22.3. The summed E-state index contributed by atoms with van der Waals surface area (Å²) in [5.74, 6) is -5.99. The second kappa shape index (κ2) is 10.9. The molecule has 3 atom stereocenters. The van der Waals surface area contributed by atoms with Crippen molar-refractivity contribution in [3.63, 3.8) is 0 Å². The van der Waals surface area contributed by atoms with E-state index in [1.807, 2.05) is 0 Å². The summed E-state index contributed by atoms with van der Waals surface area (Å²) in [6, 6.07) is 17.4. The number of halogens is 4. The van der Waals surface area contributed by atoms with E-state index in [0.29, 0.717) is 10.0 Å². The summed E-state index contributed by atoms with van der Waals surface area (Å²) in [6.45, 7) is -0.705. The van der Waals surface area contributed by atoms with Gasteiger partial charge < -0.3 is 19.9 Å². The van der Waals surface area contributed by atoms with Gasteiger partial charge in [-0.05, 0) is 34.1 Å². The molecule has 1 aliphatic rings. The van der Waals surface area contributed by atoms with Crippen molar-refractivity contribution in [3.8, 4) is 0 Å². The molecule has 1 fully saturated rings. The Morgan fingerprint density at radius 3 is 2.38 bits per heavy atom. The standard InChI is InChI=1S/C23H18BBrF2IN3O6/c25-23(31-12-11-17(29)30-21(31)34)22(26,27)18(36-20(33)24(28)15-9-5-2-6-10-15)16(37-23)13-35-19(32)14-7-3-1-4-8-14/h1-12,16,18H,13H2,(H2,29,30,34)/t16-,18?,23+/m1/s1. The molecule has 192 valence electrons. The quantitative estimate of drug-likeness (QED) is 0.174. The number of aromatic nitrogens is 2. The molecule has 0 saturated carbocycles. The first kappa shape index (κ1) is 27.2. The maximum atomic E-state index is 15.9. The predicted molar refractivity (Wildman–Crippen MR) is 142 cm³/mol. The molecule has 1 aromatic heterocycles. The third-order valence-corrected chi connectivity index (χ3v) is 7.80. The van der Waals surface area contributed by atoms with Crippen LogP contribution in [0.3, 0.4) is 0 Å². The van der Waals surface area contributed by atoms with Crippen LogP contribution in [0.5, 0.6) is 0 Å². The van der Waals surface area contributed by atoms with Gasteiger partial charge in [0.1, 0.15) is 18.5 Å². The van der Waals surface area contributed by atoms with E-state index >= 15 is 8.78 Å². The van der Waals surface area contributed by atoms with Crippen molar-refractivity contribution in [2.75, 3.05) is 12.3 Å². The van der Waals surface area contributed by atoms with Crippen LogP contribution in [0.25, 0.3) is 0 Å². The largest absolute Gasteiger partial charge is 0.460 e. The summed E-state index contributed by atoms with van der Waals surface area (Å²) in [5, 5.41) is 0. The predicted octanol–water partition coefficient (Wildman–Crippen LogP) is 3.14. The number of hydrogen-bond acceptors (Lipinski definition) is 8. The van der Waals surface area contributed by atoms with Gasteiger partial charge in [-0.25, -0.2) is 9.59 Å². The molecule has 1 aliphatic heterocycles. The van der Waals surface area contributed by atoms with Crippen LogP contribution in [-0.2, 0) is 18.8 Å². The van der Waals surface area contributed by atoms with Crippen molar-refractivity contribution in [2.24, 2.45) is 0 Å². The van der Waals surface area contributed by atoms with Crippen LogP contribution < -0.4 is 16.9 Å². The Bertz CT molecular complexity index is 1350. The summed E-state index contributed by atoms with van der Waals surface area (Å²) in [4.78, 5) is 41.3. The first-order valence-corrected chi connectivity index (χ1v) is 12.8. The van der Waals surface area contributed by atoms with Gasteiger partial charge in [-0.3, -0.25) is 9.36 Å². The summed E-state index contributed by atoms with van der Waals surface area (Å²) in [7, 11) is 0. The molecule has 0 radical (unpaired) electrons. The molecule has 1 saturated heterocycles. The van der Waals surface area contributed by atoms with E-state index in [0.717, 1.165) is 12.3 Å². The number of benzene rings is 2. The molecular formula is C23H18BBrF2IN3O6. The number of rotatable bonds is 7. The molecule has 4 rings (SSSR count). The van der Waals surface area contributed by atoms with E-state index in [2.05, 4.69) is 20.9 Å². The number of nitrogen functional groups attached to an aromatic ring is 1. The lowest BCUT2D eigenvalue weighted by Crippen LogP contribution is -2.53. The van der Waals surface area contributed by atoms with Crippen molar-refractivity contribution < 1.29 is 32.6 Å². The molecule has 2 heterocycles. The van der Waals surface area contributed by atoms with Crippen molar-refractivity contribution in [1.29, 1.82) is 0 Å². The van der Waals surface area contributed by atoms with Gasteiger partial charge >= 0.3 is 22.2 Å². The number of esters is 1. The Kier molecular flexibility index (Phi) is 7.99. The number of carbonyl (C=O) groups excluding carboxylic acids is 2. The maximum absolute atomic E-state index is 15.9. The highest BCUT2D eigenvalue weighted by molar-refractivity contribution is 14.1. The average molecular weight is 688 g/mol. The van der Waals surface area contributed by atoms with Crippen LogP contribution >= 0.6 is 38.3 Å². The zero-order valence-electron chi connectivity index (χ0n) is 18.8. The third-order valence-electron chi connectivity index (χ3n) is 5.48. The van der Waals surface area contributed by atoms with Gasteiger partial charge in [-0.1, -0.05) is 54.0 Å². The van der Waals surface area contributed by atoms with E-state index in [1.54, 1.807) is 70.9 Å². The molecule has 0 spiro atoms. The molecule has 1 unspecified atom stereocenters. The molecule has 3 aromatic rings. The highest BCUT2D eigenvalue weighted by Crippen LogP contribution is 2.52. The summed E-state index contributed by atoms with van der Waals surface area (Å²) in [6.07, 6.45) is -2.93. The number of nitrogens with two attached hydrogens (primary N) is 1.